The average Bonchev–Trinajstić information content (AvgIpc) is 2.88. The summed E-state index contributed by atoms with van der Waals surface area (Å²) >= 11 is 5.90. The number of piperidine rings is 1. The van der Waals surface area contributed by atoms with Crippen LogP contribution in [-0.2, 0) is 11.4 Å². The van der Waals surface area contributed by atoms with E-state index in [1.165, 1.54) is 0 Å². The maximum Gasteiger partial charge on any atom is 0.253 e. The third kappa shape index (κ3) is 5.94. The number of ether oxygens (including phenoxy) is 1. The van der Waals surface area contributed by atoms with Gasteiger partial charge in [-0.2, -0.15) is 5.26 Å². The summed E-state index contributed by atoms with van der Waals surface area (Å²) < 4.78 is 5.84. The molecule has 7 heteroatoms. The summed E-state index contributed by atoms with van der Waals surface area (Å²) in [6.07, 6.45) is 1.22. The Morgan fingerprint density at radius 3 is 2.50 bits per heavy atom. The number of hydrogen-bond acceptors (Lipinski definition) is 4. The van der Waals surface area contributed by atoms with E-state index in [1.807, 2.05) is 30.3 Å². The van der Waals surface area contributed by atoms with Gasteiger partial charge in [0.25, 0.3) is 5.91 Å². The van der Waals surface area contributed by atoms with E-state index in [0.717, 1.165) is 5.56 Å². The summed E-state index contributed by atoms with van der Waals surface area (Å²) in [4.78, 5) is 27.3. The molecule has 0 radical (unpaired) electrons. The first kappa shape index (κ1) is 23.3. The van der Waals surface area contributed by atoms with Crippen LogP contribution >= 0.6 is 11.6 Å². The molecule has 0 bridgehead atoms. The number of nitriles is 1. The molecule has 4 rings (SSSR count). The first-order chi connectivity index (χ1) is 16.5. The fourth-order valence-electron chi connectivity index (χ4n) is 3.93. The van der Waals surface area contributed by atoms with Crippen molar-refractivity contribution < 1.29 is 14.3 Å². The smallest absolute Gasteiger partial charge is 0.253 e. The van der Waals surface area contributed by atoms with Crippen LogP contribution in [0.15, 0.2) is 72.8 Å². The summed E-state index contributed by atoms with van der Waals surface area (Å²) in [7, 11) is 0. The third-order valence-corrected chi connectivity index (χ3v) is 6.06. The van der Waals surface area contributed by atoms with Crippen LogP contribution in [0.25, 0.3) is 0 Å². The van der Waals surface area contributed by atoms with E-state index in [9.17, 15) is 9.59 Å². The zero-order valence-electron chi connectivity index (χ0n) is 18.5. The van der Waals surface area contributed by atoms with Crippen LogP contribution in [-0.4, -0.2) is 29.8 Å². The van der Waals surface area contributed by atoms with Gasteiger partial charge in [0, 0.05) is 41.3 Å². The van der Waals surface area contributed by atoms with Crippen molar-refractivity contribution in [2.24, 2.45) is 5.92 Å². The molecule has 0 spiro atoms. The lowest BCUT2D eigenvalue weighted by atomic mass is 9.95. The summed E-state index contributed by atoms with van der Waals surface area (Å²) in [6, 6.07) is 23.5. The number of halogens is 1. The minimum absolute atomic E-state index is 0.0410. The molecule has 172 valence electrons. The fraction of sp³-hybridized carbons (Fsp3) is 0.222. The van der Waals surface area contributed by atoms with Gasteiger partial charge in [-0.05, 0) is 66.9 Å². The van der Waals surface area contributed by atoms with Crippen molar-refractivity contribution in [3.8, 4) is 11.8 Å². The van der Waals surface area contributed by atoms with Gasteiger partial charge in [0.15, 0.2) is 0 Å². The molecule has 0 saturated carbocycles. The predicted octanol–water partition coefficient (Wildman–Crippen LogP) is 5.28. The van der Waals surface area contributed by atoms with Crippen LogP contribution in [0.3, 0.4) is 0 Å². The Labute approximate surface area is 203 Å². The summed E-state index contributed by atoms with van der Waals surface area (Å²) in [5, 5.41) is 12.6. The van der Waals surface area contributed by atoms with Gasteiger partial charge < -0.3 is 15.0 Å². The first-order valence-corrected chi connectivity index (χ1v) is 11.5. The van der Waals surface area contributed by atoms with Crippen LogP contribution in [0.1, 0.15) is 34.3 Å². The molecule has 1 heterocycles. The summed E-state index contributed by atoms with van der Waals surface area (Å²) in [5.41, 5.74) is 2.74. The van der Waals surface area contributed by atoms with Crippen molar-refractivity contribution in [1.82, 2.24) is 4.90 Å². The van der Waals surface area contributed by atoms with Gasteiger partial charge in [-0.25, -0.2) is 0 Å². The Hall–Kier alpha value is -3.82. The van der Waals surface area contributed by atoms with Crippen LogP contribution in [0.4, 0.5) is 5.69 Å². The number of anilines is 1. The Morgan fingerprint density at radius 1 is 1.03 bits per heavy atom. The second-order valence-corrected chi connectivity index (χ2v) is 8.63. The molecule has 3 aromatic carbocycles. The number of rotatable bonds is 6. The molecule has 34 heavy (non-hydrogen) atoms. The molecule has 1 fully saturated rings. The van der Waals surface area contributed by atoms with Gasteiger partial charge in [-0.3, -0.25) is 9.59 Å². The maximum atomic E-state index is 12.8. The Morgan fingerprint density at radius 2 is 1.76 bits per heavy atom. The fourth-order valence-corrected chi connectivity index (χ4v) is 4.05. The SMILES string of the molecule is N#Cc1cccc(COc2cccc(NC(=O)C3CCN(C(=O)c4ccc(Cl)cc4)CC3)c2)c1. The van der Waals surface area contributed by atoms with Crippen LogP contribution in [0.5, 0.6) is 5.75 Å². The number of carbonyl (C=O) groups is 2. The summed E-state index contributed by atoms with van der Waals surface area (Å²) in [5.74, 6) is 0.370. The van der Waals surface area contributed by atoms with E-state index in [-0.39, 0.29) is 17.7 Å². The minimum Gasteiger partial charge on any atom is -0.489 e. The highest BCUT2D eigenvalue weighted by molar-refractivity contribution is 6.30. The average molecular weight is 474 g/mol. The first-order valence-electron chi connectivity index (χ1n) is 11.1. The normalized spacial score (nSPS) is 13.7. The number of benzene rings is 3. The predicted molar refractivity (Wildman–Crippen MR) is 131 cm³/mol. The maximum absolute atomic E-state index is 12.8. The highest BCUT2D eigenvalue weighted by Crippen LogP contribution is 2.24. The molecule has 0 aliphatic carbocycles. The molecule has 1 aliphatic rings. The van der Waals surface area contributed by atoms with Crippen molar-refractivity contribution in [2.45, 2.75) is 19.4 Å². The van der Waals surface area contributed by atoms with Crippen molar-refractivity contribution in [3.05, 3.63) is 94.5 Å². The Balaban J connectivity index is 1.29. The highest BCUT2D eigenvalue weighted by atomic mass is 35.5. The molecular formula is C27H24ClN3O3. The quantitative estimate of drug-likeness (QED) is 0.528. The molecule has 3 aromatic rings. The number of nitrogens with zero attached hydrogens (tertiary/aromatic N) is 2. The van der Waals surface area contributed by atoms with Gasteiger partial charge in [0.1, 0.15) is 12.4 Å². The standard InChI is InChI=1S/C27H24ClN3O3/c28-23-9-7-22(8-10-23)27(33)31-13-11-21(12-14-31)26(32)30-24-5-2-6-25(16-24)34-18-20-4-1-3-19(15-20)17-29/h1-10,15-16,21H,11-14,18H2,(H,30,32). The third-order valence-electron chi connectivity index (χ3n) is 5.81. The second kappa shape index (κ2) is 10.9. The van der Waals surface area contributed by atoms with E-state index in [0.29, 0.717) is 60.1 Å². The lowest BCUT2D eigenvalue weighted by Crippen LogP contribution is -2.41. The van der Waals surface area contributed by atoms with E-state index in [4.69, 9.17) is 21.6 Å². The van der Waals surface area contributed by atoms with Gasteiger partial charge >= 0.3 is 0 Å². The molecule has 0 unspecified atom stereocenters. The van der Waals surface area contributed by atoms with Crippen LogP contribution in [0, 0.1) is 17.2 Å². The molecule has 1 aliphatic heterocycles. The second-order valence-electron chi connectivity index (χ2n) is 8.19. The van der Waals surface area contributed by atoms with E-state index < -0.39 is 0 Å². The molecule has 1 saturated heterocycles. The molecule has 1 N–H and O–H groups in total. The summed E-state index contributed by atoms with van der Waals surface area (Å²) in [6.45, 7) is 1.39. The lowest BCUT2D eigenvalue weighted by Gasteiger charge is -2.31. The van der Waals surface area contributed by atoms with Gasteiger partial charge in [0.05, 0.1) is 11.6 Å². The zero-order valence-corrected chi connectivity index (χ0v) is 19.3. The number of hydrogen-bond donors (Lipinski definition) is 1. The van der Waals surface area contributed by atoms with Crippen molar-refractivity contribution >= 4 is 29.1 Å². The zero-order chi connectivity index (χ0) is 23.9. The lowest BCUT2D eigenvalue weighted by molar-refractivity contribution is -0.121. The van der Waals surface area contributed by atoms with Crippen LogP contribution < -0.4 is 10.1 Å². The van der Waals surface area contributed by atoms with E-state index in [2.05, 4.69) is 11.4 Å². The van der Waals surface area contributed by atoms with Crippen LogP contribution in [0.2, 0.25) is 5.02 Å². The highest BCUT2D eigenvalue weighted by Gasteiger charge is 2.28. The van der Waals surface area contributed by atoms with Gasteiger partial charge in [-0.15, -0.1) is 0 Å². The largest absolute Gasteiger partial charge is 0.489 e. The monoisotopic (exact) mass is 473 g/mol. The number of likely N-dealkylation sites (tertiary alicyclic amines) is 1. The molecule has 0 aromatic heterocycles. The number of nitrogens with one attached hydrogen (secondary N) is 1. The topological polar surface area (TPSA) is 82.4 Å². The molecular weight excluding hydrogens is 450 g/mol. The Kier molecular flexibility index (Phi) is 7.46. The minimum atomic E-state index is -0.160. The van der Waals surface area contributed by atoms with Gasteiger partial charge in [0.2, 0.25) is 5.91 Å². The van der Waals surface area contributed by atoms with E-state index >= 15 is 0 Å². The van der Waals surface area contributed by atoms with Crippen molar-refractivity contribution in [3.63, 3.8) is 0 Å². The molecule has 0 atom stereocenters. The van der Waals surface area contributed by atoms with Crippen molar-refractivity contribution in [2.75, 3.05) is 18.4 Å². The Bertz CT molecular complexity index is 1210. The molecule has 6 nitrogen and oxygen atoms in total. The number of amides is 2. The van der Waals surface area contributed by atoms with Gasteiger partial charge in [-0.1, -0.05) is 29.8 Å². The number of carbonyl (C=O) groups excluding carboxylic acids is 2. The van der Waals surface area contributed by atoms with Crippen molar-refractivity contribution in [1.29, 1.82) is 5.26 Å². The van der Waals surface area contributed by atoms with E-state index in [1.54, 1.807) is 47.4 Å². The molecule has 2 amide bonds.